The summed E-state index contributed by atoms with van der Waals surface area (Å²) in [4.78, 5) is 11.4. The minimum atomic E-state index is -4.96. The van der Waals surface area contributed by atoms with E-state index in [0.29, 0.717) is 12.1 Å². The zero-order valence-electron chi connectivity index (χ0n) is 9.20. The monoisotopic (exact) mass is 304 g/mol. The number of hydrogen-bond donors (Lipinski definition) is 0. The van der Waals surface area contributed by atoms with Gasteiger partial charge < -0.3 is 0 Å². The average molecular weight is 305 g/mol. The molecule has 0 fully saturated rings. The molecule has 0 spiro atoms. The molecule has 0 N–H and O–H groups in total. The van der Waals surface area contributed by atoms with Crippen molar-refractivity contribution < 1.29 is 31.1 Å². The molecule has 19 heavy (non-hydrogen) atoms. The van der Waals surface area contributed by atoms with Gasteiger partial charge in [-0.15, -0.1) is 11.6 Å². The van der Waals surface area contributed by atoms with Gasteiger partial charge in [-0.25, -0.2) is 0 Å². The molecule has 1 aromatic rings. The fourth-order valence-electron chi connectivity index (χ4n) is 1.35. The Kier molecular flexibility index (Phi) is 4.50. The van der Waals surface area contributed by atoms with Gasteiger partial charge in [0.15, 0.2) is 5.78 Å². The Bertz CT molecular complexity index is 445. The molecule has 0 saturated carbocycles. The van der Waals surface area contributed by atoms with Crippen molar-refractivity contribution in [2.45, 2.75) is 18.8 Å². The number of benzene rings is 1. The third-order valence-corrected chi connectivity index (χ3v) is 2.42. The smallest absolute Gasteiger partial charge is 0.294 e. The summed E-state index contributed by atoms with van der Waals surface area (Å²) in [5.41, 5.74) is -3.68. The molecule has 106 valence electrons. The molecule has 1 nitrogen and oxygen atoms in total. The first kappa shape index (κ1) is 15.8. The van der Waals surface area contributed by atoms with Crippen molar-refractivity contribution in [2.75, 3.05) is 5.88 Å². The van der Waals surface area contributed by atoms with Gasteiger partial charge in [0, 0.05) is 17.9 Å². The fraction of sp³-hybridized carbons (Fsp3) is 0.364. The lowest BCUT2D eigenvalue weighted by atomic mass is 10.0. The number of rotatable bonds is 3. The molecule has 1 aromatic carbocycles. The van der Waals surface area contributed by atoms with E-state index in [9.17, 15) is 31.1 Å². The van der Waals surface area contributed by atoms with Crippen molar-refractivity contribution in [2.24, 2.45) is 0 Å². The van der Waals surface area contributed by atoms with Crippen LogP contribution in [0.15, 0.2) is 18.2 Å². The maximum Gasteiger partial charge on any atom is 0.416 e. The lowest BCUT2D eigenvalue weighted by Crippen LogP contribution is -2.13. The summed E-state index contributed by atoms with van der Waals surface area (Å²) in [6.45, 7) is 0. The van der Waals surface area contributed by atoms with E-state index in [-0.39, 0.29) is 18.4 Å². The molecule has 1 rings (SSSR count). The quantitative estimate of drug-likeness (QED) is 0.455. The predicted molar refractivity (Wildman–Crippen MR) is 56.1 cm³/mol. The largest absolute Gasteiger partial charge is 0.416 e. The third kappa shape index (κ3) is 4.12. The summed E-state index contributed by atoms with van der Waals surface area (Å²) in [5, 5.41) is 0. The highest BCUT2D eigenvalue weighted by molar-refractivity contribution is 6.19. The molecule has 0 heterocycles. The number of hydrogen-bond acceptors (Lipinski definition) is 1. The second kappa shape index (κ2) is 5.40. The minimum absolute atomic E-state index is 0.0303. The number of alkyl halides is 7. The second-order valence-corrected chi connectivity index (χ2v) is 4.03. The molecule has 0 bridgehead atoms. The van der Waals surface area contributed by atoms with Crippen molar-refractivity contribution in [3.63, 3.8) is 0 Å². The van der Waals surface area contributed by atoms with Gasteiger partial charge >= 0.3 is 12.4 Å². The Hall–Kier alpha value is -1.24. The van der Waals surface area contributed by atoms with E-state index in [4.69, 9.17) is 11.6 Å². The van der Waals surface area contributed by atoms with E-state index < -0.39 is 34.8 Å². The molecule has 0 aliphatic carbocycles. The Morgan fingerprint density at radius 2 is 1.37 bits per heavy atom. The van der Waals surface area contributed by atoms with E-state index >= 15 is 0 Å². The summed E-state index contributed by atoms with van der Waals surface area (Å²) < 4.78 is 74.9. The summed E-state index contributed by atoms with van der Waals surface area (Å²) >= 11 is 5.24. The van der Waals surface area contributed by atoms with Gasteiger partial charge in [0.25, 0.3) is 0 Å². The van der Waals surface area contributed by atoms with Crippen molar-refractivity contribution >= 4 is 17.4 Å². The van der Waals surface area contributed by atoms with Crippen molar-refractivity contribution in [3.8, 4) is 0 Å². The molecule has 0 unspecified atom stereocenters. The first-order chi connectivity index (χ1) is 8.55. The molecular formula is C11H7ClF6O. The minimum Gasteiger partial charge on any atom is -0.294 e. The number of carbonyl (C=O) groups is 1. The van der Waals surface area contributed by atoms with Gasteiger partial charge in [-0.3, -0.25) is 4.79 Å². The van der Waals surface area contributed by atoms with Crippen LogP contribution >= 0.6 is 11.6 Å². The zero-order valence-corrected chi connectivity index (χ0v) is 9.96. The van der Waals surface area contributed by atoms with Crippen LogP contribution in [0.1, 0.15) is 27.9 Å². The van der Waals surface area contributed by atoms with E-state index in [2.05, 4.69) is 0 Å². The van der Waals surface area contributed by atoms with Gasteiger partial charge in [-0.05, 0) is 18.2 Å². The van der Waals surface area contributed by atoms with Crippen LogP contribution in [0, 0.1) is 0 Å². The summed E-state index contributed by atoms with van der Waals surface area (Å²) in [6, 6.07) is 0.756. The van der Waals surface area contributed by atoms with E-state index in [0.717, 1.165) is 0 Å². The van der Waals surface area contributed by atoms with Gasteiger partial charge in [0.2, 0.25) is 0 Å². The van der Waals surface area contributed by atoms with Gasteiger partial charge in [-0.2, -0.15) is 26.3 Å². The van der Waals surface area contributed by atoms with Gasteiger partial charge in [0.05, 0.1) is 11.1 Å². The molecular weight excluding hydrogens is 298 g/mol. The van der Waals surface area contributed by atoms with E-state index in [1.807, 2.05) is 0 Å². The highest BCUT2D eigenvalue weighted by atomic mass is 35.5. The Morgan fingerprint density at radius 3 is 1.68 bits per heavy atom. The van der Waals surface area contributed by atoms with Crippen LogP contribution in [0.3, 0.4) is 0 Å². The first-order valence-corrected chi connectivity index (χ1v) is 5.48. The molecule has 0 saturated heterocycles. The summed E-state index contributed by atoms with van der Waals surface area (Å²) in [7, 11) is 0. The zero-order chi connectivity index (χ0) is 14.8. The predicted octanol–water partition coefficient (Wildman–Crippen LogP) is 4.54. The molecule has 0 aliphatic heterocycles. The molecule has 0 aromatic heterocycles. The average Bonchev–Trinajstić information content (AvgIpc) is 2.26. The second-order valence-electron chi connectivity index (χ2n) is 3.66. The number of ketones is 1. The van der Waals surface area contributed by atoms with Crippen molar-refractivity contribution in [3.05, 3.63) is 34.9 Å². The fourth-order valence-corrected chi connectivity index (χ4v) is 1.52. The van der Waals surface area contributed by atoms with Crippen LogP contribution in [0.2, 0.25) is 0 Å². The molecule has 0 aliphatic rings. The molecule has 0 atom stereocenters. The van der Waals surface area contributed by atoms with Crippen LogP contribution in [0.25, 0.3) is 0 Å². The molecule has 8 heteroatoms. The van der Waals surface area contributed by atoms with Crippen LogP contribution in [0.4, 0.5) is 26.3 Å². The lowest BCUT2D eigenvalue weighted by molar-refractivity contribution is -0.143. The van der Waals surface area contributed by atoms with Crippen LogP contribution < -0.4 is 0 Å². The Labute approximate surface area is 109 Å². The number of carbonyl (C=O) groups excluding carboxylic acids is 1. The highest BCUT2D eigenvalue weighted by Gasteiger charge is 2.37. The normalized spacial score (nSPS) is 12.6. The number of halogens is 7. The van der Waals surface area contributed by atoms with Gasteiger partial charge in [-0.1, -0.05) is 0 Å². The van der Waals surface area contributed by atoms with E-state index in [1.165, 1.54) is 0 Å². The van der Waals surface area contributed by atoms with Crippen LogP contribution in [-0.4, -0.2) is 11.7 Å². The third-order valence-electron chi connectivity index (χ3n) is 2.23. The highest BCUT2D eigenvalue weighted by Crippen LogP contribution is 2.36. The lowest BCUT2D eigenvalue weighted by Gasteiger charge is -2.13. The Morgan fingerprint density at radius 1 is 0.947 bits per heavy atom. The summed E-state index contributed by atoms with van der Waals surface area (Å²) in [5.74, 6) is -1.05. The standard InChI is InChI=1S/C11H7ClF6O/c12-2-1-9(19)6-3-7(10(13,14)15)5-8(4-6)11(16,17)18/h3-5H,1-2H2. The van der Waals surface area contributed by atoms with Crippen molar-refractivity contribution in [1.82, 2.24) is 0 Å². The SMILES string of the molecule is O=C(CCCl)c1cc(C(F)(F)F)cc(C(F)(F)F)c1. The van der Waals surface area contributed by atoms with E-state index in [1.54, 1.807) is 0 Å². The van der Waals surface area contributed by atoms with Gasteiger partial charge in [0.1, 0.15) is 0 Å². The maximum absolute atomic E-state index is 12.5. The summed E-state index contributed by atoms with van der Waals surface area (Å²) in [6.07, 6.45) is -10.3. The first-order valence-electron chi connectivity index (χ1n) is 4.94. The topological polar surface area (TPSA) is 17.1 Å². The van der Waals surface area contributed by atoms with Crippen molar-refractivity contribution in [1.29, 1.82) is 0 Å². The Balaban J connectivity index is 3.37. The number of Topliss-reactive ketones (excluding diaryl/α,β-unsaturated/α-hetero) is 1. The molecule has 0 radical (unpaired) electrons. The molecule has 0 amide bonds. The van der Waals surface area contributed by atoms with Crippen LogP contribution in [-0.2, 0) is 12.4 Å². The van der Waals surface area contributed by atoms with Crippen LogP contribution in [0.5, 0.6) is 0 Å². The maximum atomic E-state index is 12.5.